The minimum Gasteiger partial charge on any atom is -0.356 e. The molecule has 0 saturated carbocycles. The molecule has 0 aromatic heterocycles. The summed E-state index contributed by atoms with van der Waals surface area (Å²) in [6, 6.07) is 9.06. The molecule has 6 nitrogen and oxygen atoms in total. The van der Waals surface area contributed by atoms with Crippen molar-refractivity contribution in [3.63, 3.8) is 0 Å². The van der Waals surface area contributed by atoms with Gasteiger partial charge in [0.05, 0.1) is 0 Å². The third-order valence-corrected chi connectivity index (χ3v) is 6.19. The summed E-state index contributed by atoms with van der Waals surface area (Å²) in [6.07, 6.45) is 6.65. The third kappa shape index (κ3) is 6.20. The first-order valence-electron chi connectivity index (χ1n) is 11.2. The van der Waals surface area contributed by atoms with Gasteiger partial charge in [0, 0.05) is 52.2 Å². The molecule has 0 bridgehead atoms. The Kier molecular flexibility index (Phi) is 8.35. The largest absolute Gasteiger partial charge is 0.356 e. The van der Waals surface area contributed by atoms with Gasteiger partial charge in [0.25, 0.3) is 0 Å². The first-order chi connectivity index (χ1) is 14.2. The Morgan fingerprint density at radius 2 is 1.86 bits per heavy atom. The van der Waals surface area contributed by atoms with E-state index in [-0.39, 0.29) is 5.91 Å². The van der Waals surface area contributed by atoms with Crippen LogP contribution in [0.15, 0.2) is 29.3 Å². The summed E-state index contributed by atoms with van der Waals surface area (Å²) in [5.74, 6) is 1.07. The summed E-state index contributed by atoms with van der Waals surface area (Å²) in [5, 5.41) is 6.76. The highest BCUT2D eigenvalue weighted by molar-refractivity contribution is 5.80. The van der Waals surface area contributed by atoms with Crippen LogP contribution in [-0.2, 0) is 17.9 Å². The van der Waals surface area contributed by atoms with Gasteiger partial charge in [0.2, 0.25) is 5.91 Å². The lowest BCUT2D eigenvalue weighted by Crippen LogP contribution is -2.46. The fraction of sp³-hybridized carbons (Fsp3) is 0.652. The van der Waals surface area contributed by atoms with Crippen molar-refractivity contribution in [3.05, 3.63) is 35.4 Å². The molecule has 0 aliphatic carbocycles. The summed E-state index contributed by atoms with van der Waals surface area (Å²) < 4.78 is 0. The predicted octanol–water partition coefficient (Wildman–Crippen LogP) is 2.74. The van der Waals surface area contributed by atoms with Gasteiger partial charge in [-0.05, 0) is 43.4 Å². The van der Waals surface area contributed by atoms with E-state index in [9.17, 15) is 4.79 Å². The van der Waals surface area contributed by atoms with Crippen LogP contribution in [0.4, 0.5) is 0 Å². The van der Waals surface area contributed by atoms with E-state index in [0.29, 0.717) is 6.42 Å². The Morgan fingerprint density at radius 3 is 2.55 bits per heavy atom. The van der Waals surface area contributed by atoms with Crippen LogP contribution in [0.3, 0.4) is 0 Å². The monoisotopic (exact) mass is 399 g/mol. The molecule has 0 spiro atoms. The molecule has 1 fully saturated rings. The lowest BCUT2D eigenvalue weighted by Gasteiger charge is -2.35. The number of nitrogens with zero attached hydrogens (tertiary/aromatic N) is 3. The van der Waals surface area contributed by atoms with Gasteiger partial charge in [-0.2, -0.15) is 0 Å². The third-order valence-electron chi connectivity index (χ3n) is 6.19. The van der Waals surface area contributed by atoms with E-state index in [1.165, 1.54) is 43.4 Å². The van der Waals surface area contributed by atoms with Crippen molar-refractivity contribution in [2.24, 2.45) is 4.99 Å². The second kappa shape index (κ2) is 11.2. The molecule has 29 heavy (non-hydrogen) atoms. The van der Waals surface area contributed by atoms with Gasteiger partial charge in [-0.15, -0.1) is 0 Å². The lowest BCUT2D eigenvalue weighted by molar-refractivity contribution is -0.131. The van der Waals surface area contributed by atoms with Crippen molar-refractivity contribution in [2.45, 2.75) is 64.6 Å². The summed E-state index contributed by atoms with van der Waals surface area (Å²) in [5.41, 5.74) is 2.56. The van der Waals surface area contributed by atoms with Crippen molar-refractivity contribution in [1.29, 1.82) is 0 Å². The van der Waals surface area contributed by atoms with E-state index in [2.05, 4.69) is 39.6 Å². The Hall–Kier alpha value is -2.08. The van der Waals surface area contributed by atoms with Gasteiger partial charge >= 0.3 is 0 Å². The zero-order valence-corrected chi connectivity index (χ0v) is 18.1. The van der Waals surface area contributed by atoms with Gasteiger partial charge in [-0.25, -0.2) is 0 Å². The number of nitrogens with one attached hydrogen (secondary N) is 2. The average molecular weight is 400 g/mol. The van der Waals surface area contributed by atoms with Crippen LogP contribution in [-0.4, -0.2) is 60.9 Å². The summed E-state index contributed by atoms with van der Waals surface area (Å²) in [4.78, 5) is 21.4. The number of fused-ring (bicyclic) bond motifs is 1. The maximum atomic E-state index is 12.5. The van der Waals surface area contributed by atoms with Crippen LogP contribution in [0.1, 0.15) is 56.6 Å². The molecule has 3 rings (SSSR count). The van der Waals surface area contributed by atoms with Gasteiger partial charge < -0.3 is 15.5 Å². The number of hydrogen-bond acceptors (Lipinski definition) is 3. The number of rotatable bonds is 8. The predicted molar refractivity (Wildman–Crippen MR) is 119 cm³/mol. The number of piperidine rings is 1. The highest BCUT2D eigenvalue weighted by atomic mass is 16.2. The maximum Gasteiger partial charge on any atom is 0.223 e. The van der Waals surface area contributed by atoms with Crippen LogP contribution >= 0.6 is 0 Å². The van der Waals surface area contributed by atoms with Crippen LogP contribution in [0.25, 0.3) is 0 Å². The topological polar surface area (TPSA) is 60.0 Å². The number of guanidine groups is 1. The standard InChI is InChI=1S/C23H37N5O/c1-3-21-11-6-7-15-27(21)16-14-26-23(24-2)25-13-8-12-22(29)28-17-19-9-4-5-10-20(19)18-28/h4-5,9-10,21H,3,6-8,11-18H2,1-2H3,(H2,24,25,26). The molecule has 6 heteroatoms. The quantitative estimate of drug-likeness (QED) is 0.401. The molecular formula is C23H37N5O. The normalized spacial score (nSPS) is 19.9. The molecule has 1 saturated heterocycles. The molecule has 0 radical (unpaired) electrons. The Morgan fingerprint density at radius 1 is 1.14 bits per heavy atom. The minimum absolute atomic E-state index is 0.238. The van der Waals surface area contributed by atoms with Gasteiger partial charge in [-0.1, -0.05) is 37.6 Å². The Balaban J connectivity index is 1.29. The molecule has 160 valence electrons. The smallest absolute Gasteiger partial charge is 0.223 e. The van der Waals surface area contributed by atoms with Crippen molar-refractivity contribution in [2.75, 3.05) is 33.2 Å². The number of carbonyl (C=O) groups is 1. The van der Waals surface area contributed by atoms with Crippen molar-refractivity contribution < 1.29 is 4.79 Å². The zero-order chi connectivity index (χ0) is 20.5. The summed E-state index contributed by atoms with van der Waals surface area (Å²) >= 11 is 0. The highest BCUT2D eigenvalue weighted by Gasteiger charge is 2.22. The fourth-order valence-electron chi connectivity index (χ4n) is 4.47. The zero-order valence-electron chi connectivity index (χ0n) is 18.1. The molecular weight excluding hydrogens is 362 g/mol. The summed E-state index contributed by atoms with van der Waals surface area (Å²) in [6.45, 7) is 7.73. The number of likely N-dealkylation sites (tertiary alicyclic amines) is 1. The van der Waals surface area contributed by atoms with E-state index < -0.39 is 0 Å². The van der Waals surface area contributed by atoms with Crippen molar-refractivity contribution >= 4 is 11.9 Å². The molecule has 1 unspecified atom stereocenters. The molecule has 2 aliphatic heterocycles. The van der Waals surface area contributed by atoms with Crippen molar-refractivity contribution in [3.8, 4) is 0 Å². The van der Waals surface area contributed by atoms with Crippen LogP contribution in [0, 0.1) is 0 Å². The lowest BCUT2D eigenvalue weighted by atomic mass is 10.0. The Bertz CT molecular complexity index is 665. The summed E-state index contributed by atoms with van der Waals surface area (Å²) in [7, 11) is 1.80. The molecule has 2 aliphatic rings. The first kappa shape index (κ1) is 21.6. The number of carbonyl (C=O) groups excluding carboxylic acids is 1. The molecule has 1 aromatic rings. The number of hydrogen-bond donors (Lipinski definition) is 2. The first-order valence-corrected chi connectivity index (χ1v) is 11.2. The SMILES string of the molecule is CCC1CCCCN1CCNC(=NC)NCCCC(=O)N1Cc2ccccc2C1. The van der Waals surface area contributed by atoms with Crippen LogP contribution < -0.4 is 10.6 Å². The molecule has 1 atom stereocenters. The van der Waals surface area contributed by atoms with Crippen LogP contribution in [0.5, 0.6) is 0 Å². The van der Waals surface area contributed by atoms with Crippen molar-refractivity contribution in [1.82, 2.24) is 20.4 Å². The van der Waals surface area contributed by atoms with Gasteiger partial charge in [0.15, 0.2) is 5.96 Å². The van der Waals surface area contributed by atoms with Gasteiger partial charge in [0.1, 0.15) is 0 Å². The van der Waals surface area contributed by atoms with E-state index in [1.54, 1.807) is 7.05 Å². The van der Waals surface area contributed by atoms with E-state index in [4.69, 9.17) is 0 Å². The molecule has 2 heterocycles. The number of amides is 1. The van der Waals surface area contributed by atoms with E-state index in [1.807, 2.05) is 17.0 Å². The molecule has 1 aromatic carbocycles. The van der Waals surface area contributed by atoms with Gasteiger partial charge in [-0.3, -0.25) is 14.7 Å². The highest BCUT2D eigenvalue weighted by Crippen LogP contribution is 2.23. The maximum absolute atomic E-state index is 12.5. The van der Waals surface area contributed by atoms with Crippen LogP contribution in [0.2, 0.25) is 0 Å². The van der Waals surface area contributed by atoms with E-state index in [0.717, 1.165) is 51.1 Å². The molecule has 2 N–H and O–H groups in total. The second-order valence-electron chi connectivity index (χ2n) is 8.14. The second-order valence-corrected chi connectivity index (χ2v) is 8.14. The number of aliphatic imine (C=N–C) groups is 1. The fourth-order valence-corrected chi connectivity index (χ4v) is 4.47. The average Bonchev–Trinajstić information content (AvgIpc) is 3.20. The minimum atomic E-state index is 0.238. The Labute approximate surface area is 175 Å². The number of benzene rings is 1. The molecule has 1 amide bonds. The van der Waals surface area contributed by atoms with E-state index >= 15 is 0 Å².